The zero-order chi connectivity index (χ0) is 13.9. The molecule has 0 spiro atoms. The number of benzene rings is 1. The van der Waals surface area contributed by atoms with E-state index in [2.05, 4.69) is 34.1 Å². The van der Waals surface area contributed by atoms with E-state index in [4.69, 9.17) is 0 Å². The molecule has 3 aliphatic rings. The van der Waals surface area contributed by atoms with Gasteiger partial charge in [-0.2, -0.15) is 0 Å². The van der Waals surface area contributed by atoms with Gasteiger partial charge in [0.1, 0.15) is 0 Å². The summed E-state index contributed by atoms with van der Waals surface area (Å²) in [5, 5.41) is 11.2. The number of allylic oxidation sites excluding steroid dienone is 1. The molecule has 3 aliphatic carbocycles. The van der Waals surface area contributed by atoms with E-state index < -0.39 is 5.60 Å². The summed E-state index contributed by atoms with van der Waals surface area (Å²) in [6.45, 7) is 2.00. The van der Waals surface area contributed by atoms with Crippen molar-refractivity contribution < 1.29 is 5.11 Å². The average molecular weight is 333 g/mol. The molecule has 5 atom stereocenters. The van der Waals surface area contributed by atoms with Gasteiger partial charge in [0.05, 0.1) is 5.60 Å². The first-order chi connectivity index (χ1) is 9.55. The molecule has 5 unspecified atom stereocenters. The second-order valence-corrected chi connectivity index (χ2v) is 7.97. The van der Waals surface area contributed by atoms with Crippen LogP contribution in [0.1, 0.15) is 38.2 Å². The van der Waals surface area contributed by atoms with E-state index >= 15 is 0 Å². The Morgan fingerprint density at radius 2 is 1.90 bits per heavy atom. The number of fused-ring (bicyclic) bond motifs is 1. The van der Waals surface area contributed by atoms with Crippen molar-refractivity contribution in [1.29, 1.82) is 0 Å². The molecule has 1 aromatic rings. The molecular weight excluding hydrogens is 312 g/mol. The van der Waals surface area contributed by atoms with Gasteiger partial charge in [0.2, 0.25) is 0 Å². The summed E-state index contributed by atoms with van der Waals surface area (Å²) in [5.41, 5.74) is 1.95. The van der Waals surface area contributed by atoms with Crippen LogP contribution in [-0.4, -0.2) is 5.11 Å². The fourth-order valence-electron chi connectivity index (χ4n) is 4.95. The van der Waals surface area contributed by atoms with Gasteiger partial charge in [0.15, 0.2) is 0 Å². The van der Waals surface area contributed by atoms with Gasteiger partial charge >= 0.3 is 0 Å². The van der Waals surface area contributed by atoms with Crippen LogP contribution >= 0.6 is 15.9 Å². The maximum Gasteiger partial charge on any atom is 0.0933 e. The van der Waals surface area contributed by atoms with Gasteiger partial charge in [0, 0.05) is 10.4 Å². The van der Waals surface area contributed by atoms with Crippen molar-refractivity contribution in [3.8, 4) is 0 Å². The van der Waals surface area contributed by atoms with Crippen LogP contribution in [0.25, 0.3) is 0 Å². The van der Waals surface area contributed by atoms with Crippen molar-refractivity contribution in [1.82, 2.24) is 0 Å². The lowest BCUT2D eigenvalue weighted by atomic mass is 9.70. The molecule has 2 heteroatoms. The maximum absolute atomic E-state index is 11.2. The van der Waals surface area contributed by atoms with Crippen LogP contribution in [0.4, 0.5) is 0 Å². The summed E-state index contributed by atoms with van der Waals surface area (Å²) >= 11 is 3.47. The fourth-order valence-corrected chi connectivity index (χ4v) is 5.21. The minimum absolute atomic E-state index is 0.292. The first-order valence-electron chi connectivity index (χ1n) is 7.74. The molecule has 1 nitrogen and oxygen atoms in total. The lowest BCUT2D eigenvalue weighted by molar-refractivity contribution is -0.0130. The SMILES string of the molecule is CC(O)(c1ccc(Br)cc1)C1C=C2CCC3CC1CC23. The highest BCUT2D eigenvalue weighted by Gasteiger charge is 2.50. The third kappa shape index (κ3) is 1.84. The molecule has 2 saturated carbocycles. The van der Waals surface area contributed by atoms with Crippen LogP contribution < -0.4 is 0 Å². The van der Waals surface area contributed by atoms with Crippen LogP contribution in [-0.2, 0) is 5.60 Å². The molecule has 0 aromatic heterocycles. The first-order valence-corrected chi connectivity index (χ1v) is 8.54. The summed E-state index contributed by atoms with van der Waals surface area (Å²) in [4.78, 5) is 0. The summed E-state index contributed by atoms with van der Waals surface area (Å²) in [5.74, 6) is 2.74. The summed E-state index contributed by atoms with van der Waals surface area (Å²) < 4.78 is 1.07. The number of hydrogen-bond acceptors (Lipinski definition) is 1. The van der Waals surface area contributed by atoms with Crippen LogP contribution in [0.15, 0.2) is 40.4 Å². The summed E-state index contributed by atoms with van der Waals surface area (Å²) in [7, 11) is 0. The van der Waals surface area contributed by atoms with E-state index in [1.807, 2.05) is 19.1 Å². The zero-order valence-electron chi connectivity index (χ0n) is 11.8. The molecule has 0 saturated heterocycles. The molecule has 0 aliphatic heterocycles. The van der Waals surface area contributed by atoms with Crippen LogP contribution in [0.3, 0.4) is 0 Å². The Balaban J connectivity index is 1.71. The van der Waals surface area contributed by atoms with Gasteiger partial charge in [-0.3, -0.25) is 0 Å². The van der Waals surface area contributed by atoms with E-state index in [9.17, 15) is 5.11 Å². The maximum atomic E-state index is 11.2. The van der Waals surface area contributed by atoms with Gasteiger partial charge in [0.25, 0.3) is 0 Å². The van der Waals surface area contributed by atoms with E-state index in [1.165, 1.54) is 25.7 Å². The normalized spacial score (nSPS) is 37.6. The van der Waals surface area contributed by atoms with Crippen molar-refractivity contribution in [3.63, 3.8) is 0 Å². The smallest absolute Gasteiger partial charge is 0.0933 e. The number of aliphatic hydroxyl groups is 1. The molecule has 1 N–H and O–H groups in total. The predicted octanol–water partition coefficient (Wildman–Crippen LogP) is 4.65. The Labute approximate surface area is 129 Å². The molecule has 2 bridgehead atoms. The Kier molecular flexibility index (Phi) is 2.91. The minimum atomic E-state index is -0.742. The van der Waals surface area contributed by atoms with Gasteiger partial charge in [-0.25, -0.2) is 0 Å². The van der Waals surface area contributed by atoms with Crippen molar-refractivity contribution >= 4 is 15.9 Å². The first kappa shape index (κ1) is 13.1. The largest absolute Gasteiger partial charge is 0.385 e. The molecule has 4 rings (SSSR count). The van der Waals surface area contributed by atoms with Crippen molar-refractivity contribution in [2.45, 2.75) is 38.2 Å². The molecule has 1 aromatic carbocycles. The number of halogens is 1. The second kappa shape index (κ2) is 4.45. The molecule has 0 radical (unpaired) electrons. The van der Waals surface area contributed by atoms with E-state index in [0.29, 0.717) is 11.8 Å². The molecule has 106 valence electrons. The van der Waals surface area contributed by atoms with Crippen molar-refractivity contribution in [3.05, 3.63) is 46.0 Å². The Bertz CT molecular complexity index is 557. The molecular formula is C18H21BrO. The highest BCUT2D eigenvalue weighted by molar-refractivity contribution is 9.10. The molecule has 0 heterocycles. The molecule has 20 heavy (non-hydrogen) atoms. The Morgan fingerprint density at radius 1 is 1.15 bits per heavy atom. The van der Waals surface area contributed by atoms with Gasteiger partial charge in [-0.1, -0.05) is 39.7 Å². The molecule has 2 fully saturated rings. The van der Waals surface area contributed by atoms with E-state index in [1.54, 1.807) is 5.57 Å². The topological polar surface area (TPSA) is 20.2 Å². The minimum Gasteiger partial charge on any atom is -0.385 e. The van der Waals surface area contributed by atoms with Crippen molar-refractivity contribution in [2.75, 3.05) is 0 Å². The predicted molar refractivity (Wildman–Crippen MR) is 84.2 cm³/mol. The second-order valence-electron chi connectivity index (χ2n) is 7.06. The van der Waals surface area contributed by atoms with Crippen molar-refractivity contribution in [2.24, 2.45) is 23.7 Å². The standard InChI is InChI=1S/C18H21BrO/c1-18(20,14-4-6-15(19)7-5-14)17-10-12-3-2-11-8-13(17)9-16(11)12/h4-7,10-11,13,16-17,20H,2-3,8-9H2,1H3. The van der Waals surface area contributed by atoms with E-state index in [0.717, 1.165) is 21.9 Å². The lowest BCUT2D eigenvalue weighted by Crippen LogP contribution is -2.36. The number of hydrogen-bond donors (Lipinski definition) is 1. The summed E-state index contributed by atoms with van der Waals surface area (Å²) in [6.07, 6.45) is 7.73. The van der Waals surface area contributed by atoms with Gasteiger partial charge in [-0.15, -0.1) is 0 Å². The van der Waals surface area contributed by atoms with Crippen LogP contribution in [0, 0.1) is 23.7 Å². The van der Waals surface area contributed by atoms with E-state index in [-0.39, 0.29) is 0 Å². The van der Waals surface area contributed by atoms with Gasteiger partial charge in [-0.05, 0) is 68.1 Å². The molecule has 0 amide bonds. The third-order valence-electron chi connectivity index (χ3n) is 5.99. The highest BCUT2D eigenvalue weighted by Crippen LogP contribution is 2.58. The Morgan fingerprint density at radius 3 is 2.65 bits per heavy atom. The zero-order valence-corrected chi connectivity index (χ0v) is 13.4. The monoisotopic (exact) mass is 332 g/mol. The lowest BCUT2D eigenvalue weighted by Gasteiger charge is -2.38. The fraction of sp³-hybridized carbons (Fsp3) is 0.556. The Hall–Kier alpha value is -0.600. The van der Waals surface area contributed by atoms with Gasteiger partial charge < -0.3 is 5.11 Å². The van der Waals surface area contributed by atoms with Crippen LogP contribution in [0.5, 0.6) is 0 Å². The highest BCUT2D eigenvalue weighted by atomic mass is 79.9. The van der Waals surface area contributed by atoms with Crippen LogP contribution in [0.2, 0.25) is 0 Å². The quantitative estimate of drug-likeness (QED) is 0.781. The third-order valence-corrected chi connectivity index (χ3v) is 6.52. The number of rotatable bonds is 2. The average Bonchev–Trinajstić information content (AvgIpc) is 2.93. The summed E-state index contributed by atoms with van der Waals surface area (Å²) in [6, 6.07) is 8.18.